The van der Waals surface area contributed by atoms with Crippen LogP contribution in [-0.2, 0) is 11.2 Å². The predicted octanol–water partition coefficient (Wildman–Crippen LogP) is 1.57. The van der Waals surface area contributed by atoms with Crippen LogP contribution in [0.2, 0.25) is 0 Å². The van der Waals surface area contributed by atoms with Gasteiger partial charge < -0.3 is 14.8 Å². The summed E-state index contributed by atoms with van der Waals surface area (Å²) in [6.45, 7) is 0.788. The summed E-state index contributed by atoms with van der Waals surface area (Å²) in [4.78, 5) is 11.4. The van der Waals surface area contributed by atoms with Gasteiger partial charge in [-0.15, -0.1) is 0 Å². The Morgan fingerprint density at radius 2 is 2.06 bits per heavy atom. The highest BCUT2D eigenvalue weighted by Gasteiger charge is 2.19. The van der Waals surface area contributed by atoms with Crippen LogP contribution in [0.1, 0.15) is 18.4 Å². The van der Waals surface area contributed by atoms with Gasteiger partial charge >= 0.3 is 0 Å². The zero-order valence-electron chi connectivity index (χ0n) is 10.9. The largest absolute Gasteiger partial charge is 0.493 e. The molecule has 1 aliphatic rings. The van der Waals surface area contributed by atoms with Crippen LogP contribution in [-0.4, -0.2) is 32.6 Å². The second kappa shape index (κ2) is 5.87. The maximum Gasteiger partial charge on any atom is 0.160 e. The molecule has 1 fully saturated rings. The van der Waals surface area contributed by atoms with Gasteiger partial charge in [-0.3, -0.25) is 4.79 Å². The lowest BCUT2D eigenvalue weighted by Gasteiger charge is -2.23. The molecule has 0 spiro atoms. The van der Waals surface area contributed by atoms with Gasteiger partial charge in [0, 0.05) is 25.4 Å². The molecule has 4 nitrogen and oxygen atoms in total. The summed E-state index contributed by atoms with van der Waals surface area (Å²) in [5, 5.41) is 3.37. The van der Waals surface area contributed by atoms with Gasteiger partial charge in [0.2, 0.25) is 0 Å². The Hall–Kier alpha value is -1.55. The molecule has 1 saturated heterocycles. The number of methoxy groups -OCH3 is 2. The minimum absolute atomic E-state index is 0.240. The van der Waals surface area contributed by atoms with Gasteiger partial charge in [-0.2, -0.15) is 0 Å². The van der Waals surface area contributed by atoms with E-state index in [-0.39, 0.29) is 6.04 Å². The number of ether oxygens (including phenoxy) is 2. The van der Waals surface area contributed by atoms with Crippen molar-refractivity contribution in [3.8, 4) is 11.5 Å². The van der Waals surface area contributed by atoms with E-state index in [9.17, 15) is 4.79 Å². The number of hydrogen-bond donors (Lipinski definition) is 1. The van der Waals surface area contributed by atoms with Crippen molar-refractivity contribution < 1.29 is 14.3 Å². The molecule has 1 aromatic rings. The summed E-state index contributed by atoms with van der Waals surface area (Å²) < 4.78 is 10.5. The van der Waals surface area contributed by atoms with Crippen molar-refractivity contribution in [1.82, 2.24) is 5.32 Å². The van der Waals surface area contributed by atoms with Gasteiger partial charge in [0.05, 0.1) is 14.2 Å². The molecule has 0 aliphatic carbocycles. The van der Waals surface area contributed by atoms with Gasteiger partial charge in [0.1, 0.15) is 5.78 Å². The van der Waals surface area contributed by atoms with Crippen LogP contribution in [0.5, 0.6) is 11.5 Å². The number of rotatable bonds is 4. The highest BCUT2D eigenvalue weighted by molar-refractivity contribution is 5.80. The van der Waals surface area contributed by atoms with Gasteiger partial charge in [-0.25, -0.2) is 0 Å². The lowest BCUT2D eigenvalue weighted by molar-refractivity contribution is -0.120. The van der Waals surface area contributed by atoms with E-state index < -0.39 is 0 Å². The number of benzene rings is 1. The fourth-order valence-corrected chi connectivity index (χ4v) is 2.30. The van der Waals surface area contributed by atoms with E-state index in [0.29, 0.717) is 18.6 Å². The first kappa shape index (κ1) is 12.9. The molecule has 1 unspecified atom stereocenters. The molecule has 0 radical (unpaired) electrons. The molecule has 0 aromatic heterocycles. The van der Waals surface area contributed by atoms with Crippen molar-refractivity contribution >= 4 is 5.78 Å². The first-order valence-corrected chi connectivity index (χ1v) is 6.19. The zero-order valence-corrected chi connectivity index (χ0v) is 10.9. The monoisotopic (exact) mass is 249 g/mol. The smallest absolute Gasteiger partial charge is 0.160 e. The van der Waals surface area contributed by atoms with Crippen molar-refractivity contribution in [2.45, 2.75) is 25.3 Å². The number of Topliss-reactive ketones (excluding diaryl/α,β-unsaturated/α-hetero) is 1. The predicted molar refractivity (Wildman–Crippen MR) is 69.3 cm³/mol. The number of hydrogen-bond acceptors (Lipinski definition) is 4. The summed E-state index contributed by atoms with van der Waals surface area (Å²) in [5.41, 5.74) is 1.15. The quantitative estimate of drug-likeness (QED) is 0.880. The van der Waals surface area contributed by atoms with Crippen LogP contribution in [0.4, 0.5) is 0 Å². The second-order valence-electron chi connectivity index (χ2n) is 4.54. The Morgan fingerprint density at radius 1 is 1.28 bits per heavy atom. The van der Waals surface area contributed by atoms with Crippen molar-refractivity contribution in [2.24, 2.45) is 0 Å². The van der Waals surface area contributed by atoms with Gasteiger partial charge in [-0.05, 0) is 24.1 Å². The maximum absolute atomic E-state index is 11.4. The Balaban J connectivity index is 2.07. The Labute approximate surface area is 107 Å². The molecule has 1 aliphatic heterocycles. The summed E-state index contributed by atoms with van der Waals surface area (Å²) >= 11 is 0. The van der Waals surface area contributed by atoms with E-state index in [2.05, 4.69) is 5.32 Å². The molecule has 1 atom stereocenters. The molecule has 98 valence electrons. The SMILES string of the molecule is COc1ccc(CC2CC(=O)CCN2)cc1OC. The number of ketones is 1. The lowest BCUT2D eigenvalue weighted by atomic mass is 9.97. The molecule has 0 bridgehead atoms. The molecular formula is C14H19NO3. The average molecular weight is 249 g/mol. The number of carbonyl (C=O) groups is 1. The summed E-state index contributed by atoms with van der Waals surface area (Å²) in [6.07, 6.45) is 2.11. The third-order valence-corrected chi connectivity index (χ3v) is 3.24. The van der Waals surface area contributed by atoms with Crippen LogP contribution in [0.15, 0.2) is 18.2 Å². The molecule has 0 saturated carbocycles. The molecule has 2 rings (SSSR count). The Bertz CT molecular complexity index is 431. The van der Waals surface area contributed by atoms with Gasteiger partial charge in [0.15, 0.2) is 11.5 Å². The Kier molecular flexibility index (Phi) is 4.20. The van der Waals surface area contributed by atoms with E-state index in [0.717, 1.165) is 30.0 Å². The first-order valence-electron chi connectivity index (χ1n) is 6.19. The third-order valence-electron chi connectivity index (χ3n) is 3.24. The van der Waals surface area contributed by atoms with E-state index in [1.165, 1.54) is 0 Å². The van der Waals surface area contributed by atoms with Crippen molar-refractivity contribution in [3.05, 3.63) is 23.8 Å². The standard InChI is InChI=1S/C14H19NO3/c1-17-13-4-3-10(8-14(13)18-2)7-11-9-12(16)5-6-15-11/h3-4,8,11,15H,5-7,9H2,1-2H3. The second-order valence-corrected chi connectivity index (χ2v) is 4.54. The fraction of sp³-hybridized carbons (Fsp3) is 0.500. The van der Waals surface area contributed by atoms with Crippen LogP contribution < -0.4 is 14.8 Å². The number of nitrogens with one attached hydrogen (secondary N) is 1. The van der Waals surface area contributed by atoms with E-state index in [4.69, 9.17) is 9.47 Å². The molecule has 4 heteroatoms. The highest BCUT2D eigenvalue weighted by atomic mass is 16.5. The van der Waals surface area contributed by atoms with Crippen LogP contribution >= 0.6 is 0 Å². The van der Waals surface area contributed by atoms with Gasteiger partial charge in [-0.1, -0.05) is 6.07 Å². The van der Waals surface area contributed by atoms with Crippen molar-refractivity contribution in [3.63, 3.8) is 0 Å². The average Bonchev–Trinajstić information content (AvgIpc) is 2.38. The first-order chi connectivity index (χ1) is 8.72. The lowest BCUT2D eigenvalue weighted by Crippen LogP contribution is -2.39. The molecule has 0 amide bonds. The molecule has 1 N–H and O–H groups in total. The van der Waals surface area contributed by atoms with Gasteiger partial charge in [0.25, 0.3) is 0 Å². The van der Waals surface area contributed by atoms with Crippen molar-refractivity contribution in [2.75, 3.05) is 20.8 Å². The minimum Gasteiger partial charge on any atom is -0.493 e. The molecule has 18 heavy (non-hydrogen) atoms. The number of carbonyl (C=O) groups excluding carboxylic acids is 1. The molecule has 1 heterocycles. The van der Waals surface area contributed by atoms with E-state index >= 15 is 0 Å². The zero-order chi connectivity index (χ0) is 13.0. The Morgan fingerprint density at radius 3 is 2.72 bits per heavy atom. The fourth-order valence-electron chi connectivity index (χ4n) is 2.30. The topological polar surface area (TPSA) is 47.6 Å². The van der Waals surface area contributed by atoms with E-state index in [1.807, 2.05) is 18.2 Å². The maximum atomic E-state index is 11.4. The van der Waals surface area contributed by atoms with E-state index in [1.54, 1.807) is 14.2 Å². The van der Waals surface area contributed by atoms with Crippen molar-refractivity contribution in [1.29, 1.82) is 0 Å². The summed E-state index contributed by atoms with van der Waals surface area (Å²) in [6, 6.07) is 6.13. The highest BCUT2D eigenvalue weighted by Crippen LogP contribution is 2.28. The minimum atomic E-state index is 0.240. The normalized spacial score (nSPS) is 19.7. The summed E-state index contributed by atoms with van der Waals surface area (Å²) in [5.74, 6) is 1.81. The molecule has 1 aromatic carbocycles. The molecular weight excluding hydrogens is 230 g/mol. The van der Waals surface area contributed by atoms with Crippen LogP contribution in [0.25, 0.3) is 0 Å². The number of piperidine rings is 1. The van der Waals surface area contributed by atoms with Crippen LogP contribution in [0, 0.1) is 0 Å². The van der Waals surface area contributed by atoms with Crippen LogP contribution in [0.3, 0.4) is 0 Å². The summed E-state index contributed by atoms with van der Waals surface area (Å²) in [7, 11) is 3.25. The third kappa shape index (κ3) is 3.01.